The zero-order valence-corrected chi connectivity index (χ0v) is 17.6. The lowest BCUT2D eigenvalue weighted by Gasteiger charge is -2.29. The number of nitrogens with one attached hydrogen (secondary N) is 1. The zero-order valence-electron chi connectivity index (χ0n) is 15.9. The van der Waals surface area contributed by atoms with E-state index in [4.69, 9.17) is 0 Å². The second-order valence-electron chi connectivity index (χ2n) is 7.78. The lowest BCUT2D eigenvalue weighted by molar-refractivity contribution is 0.310. The highest BCUT2D eigenvalue weighted by Crippen LogP contribution is 2.26. The fraction of sp³-hybridized carbons (Fsp3) is 0.684. The molecule has 1 aliphatic heterocycles. The molecule has 27 heavy (non-hydrogen) atoms. The molecule has 1 aromatic carbocycles. The Morgan fingerprint density at radius 2 is 1.37 bits per heavy atom. The first-order valence-corrected chi connectivity index (χ1v) is 12.9. The molecule has 0 bridgehead atoms. The van der Waals surface area contributed by atoms with Crippen molar-refractivity contribution in [1.82, 2.24) is 9.03 Å². The van der Waals surface area contributed by atoms with Crippen LogP contribution in [-0.4, -0.2) is 40.3 Å². The van der Waals surface area contributed by atoms with Crippen LogP contribution < -0.4 is 4.72 Å². The Hall–Kier alpha value is -0.960. The largest absolute Gasteiger partial charge is 0.243 e. The number of benzene rings is 1. The maximum absolute atomic E-state index is 12.8. The van der Waals surface area contributed by atoms with Gasteiger partial charge in [-0.1, -0.05) is 32.6 Å². The molecule has 0 radical (unpaired) electrons. The van der Waals surface area contributed by atoms with Crippen LogP contribution in [0.25, 0.3) is 0 Å². The summed E-state index contributed by atoms with van der Waals surface area (Å²) in [7, 11) is -7.21. The van der Waals surface area contributed by atoms with Crippen molar-refractivity contribution in [3.63, 3.8) is 0 Å². The Bertz CT molecular complexity index is 827. The second kappa shape index (κ2) is 8.59. The third-order valence-corrected chi connectivity index (χ3v) is 9.17. The second-order valence-corrected chi connectivity index (χ2v) is 11.4. The van der Waals surface area contributed by atoms with Gasteiger partial charge in [0.15, 0.2) is 0 Å². The zero-order chi connectivity index (χ0) is 19.5. The van der Waals surface area contributed by atoms with Gasteiger partial charge in [0.2, 0.25) is 20.0 Å². The molecule has 6 nitrogen and oxygen atoms in total. The molecule has 3 rings (SSSR count). The molecule has 1 saturated heterocycles. The van der Waals surface area contributed by atoms with Crippen molar-refractivity contribution in [2.24, 2.45) is 5.92 Å². The maximum atomic E-state index is 12.8. The fourth-order valence-corrected chi connectivity index (χ4v) is 6.88. The minimum Gasteiger partial charge on any atom is -0.208 e. The first-order valence-electron chi connectivity index (χ1n) is 9.93. The number of sulfonamides is 2. The van der Waals surface area contributed by atoms with E-state index in [-0.39, 0.29) is 15.8 Å². The van der Waals surface area contributed by atoms with Gasteiger partial charge >= 0.3 is 0 Å². The number of hydrogen-bond donors (Lipinski definition) is 1. The standard InChI is InChI=1S/C19H30N2O4S2/c1-16-8-4-5-9-19(16)20-26(22,23)17-10-12-18(13-11-17)27(24,25)21-14-6-2-3-7-15-21/h10-13,16,19-20H,2-9,14-15H2,1H3/t16-,19+/m1/s1. The minimum atomic E-state index is -3.64. The Morgan fingerprint density at radius 1 is 0.815 bits per heavy atom. The molecule has 1 saturated carbocycles. The van der Waals surface area contributed by atoms with Gasteiger partial charge in [0.25, 0.3) is 0 Å². The van der Waals surface area contributed by atoms with Crippen LogP contribution in [0.4, 0.5) is 0 Å². The first kappa shape index (κ1) is 20.8. The summed E-state index contributed by atoms with van der Waals surface area (Å²) in [5, 5.41) is 0. The predicted octanol–water partition coefficient (Wildman–Crippen LogP) is 3.11. The van der Waals surface area contributed by atoms with Crippen molar-refractivity contribution in [3.8, 4) is 0 Å². The molecule has 1 heterocycles. The number of hydrogen-bond acceptors (Lipinski definition) is 4. The Morgan fingerprint density at radius 3 is 1.96 bits per heavy atom. The fourth-order valence-electron chi connectivity index (χ4n) is 3.98. The Kier molecular flexibility index (Phi) is 6.61. The average Bonchev–Trinajstić information content (AvgIpc) is 2.94. The minimum absolute atomic E-state index is 0.0516. The molecule has 1 aliphatic carbocycles. The summed E-state index contributed by atoms with van der Waals surface area (Å²) >= 11 is 0. The molecule has 0 aromatic heterocycles. The van der Waals surface area contributed by atoms with Crippen LogP contribution in [0.3, 0.4) is 0 Å². The Balaban J connectivity index is 1.75. The lowest BCUT2D eigenvalue weighted by atomic mass is 9.87. The van der Waals surface area contributed by atoms with E-state index in [1.54, 1.807) is 0 Å². The molecule has 152 valence electrons. The van der Waals surface area contributed by atoms with Crippen molar-refractivity contribution in [3.05, 3.63) is 24.3 Å². The van der Waals surface area contributed by atoms with Gasteiger partial charge in [0.05, 0.1) is 9.79 Å². The molecule has 2 aliphatic rings. The number of nitrogens with zero attached hydrogens (tertiary/aromatic N) is 1. The van der Waals surface area contributed by atoms with Crippen molar-refractivity contribution >= 4 is 20.0 Å². The SMILES string of the molecule is C[C@@H]1CCCC[C@@H]1NS(=O)(=O)c1ccc(S(=O)(=O)N2CCCCCC2)cc1. The van der Waals surface area contributed by atoms with Gasteiger partial charge in [-0.05, 0) is 55.9 Å². The van der Waals surface area contributed by atoms with Crippen molar-refractivity contribution < 1.29 is 16.8 Å². The van der Waals surface area contributed by atoms with E-state index in [2.05, 4.69) is 11.6 Å². The predicted molar refractivity (Wildman–Crippen MR) is 105 cm³/mol. The summed E-state index contributed by atoms with van der Waals surface area (Å²) in [6, 6.07) is 5.59. The summed E-state index contributed by atoms with van der Waals surface area (Å²) in [5.74, 6) is 0.316. The van der Waals surface area contributed by atoms with Gasteiger partial charge in [0, 0.05) is 19.1 Å². The van der Waals surface area contributed by atoms with E-state index in [1.807, 2.05) is 0 Å². The quantitative estimate of drug-likeness (QED) is 0.802. The highest BCUT2D eigenvalue weighted by molar-refractivity contribution is 7.89. The number of rotatable bonds is 5. The monoisotopic (exact) mass is 414 g/mol. The third-order valence-electron chi connectivity index (χ3n) is 5.75. The van der Waals surface area contributed by atoms with Crippen molar-refractivity contribution in [2.75, 3.05) is 13.1 Å². The summed E-state index contributed by atoms with van der Waals surface area (Å²) in [5.41, 5.74) is 0. The molecule has 2 fully saturated rings. The van der Waals surface area contributed by atoms with Crippen LogP contribution >= 0.6 is 0 Å². The van der Waals surface area contributed by atoms with Gasteiger partial charge in [0.1, 0.15) is 0 Å². The molecule has 1 aromatic rings. The van der Waals surface area contributed by atoms with Crippen LogP contribution in [-0.2, 0) is 20.0 Å². The van der Waals surface area contributed by atoms with Gasteiger partial charge in [-0.2, -0.15) is 4.31 Å². The summed E-state index contributed by atoms with van der Waals surface area (Å²) < 4.78 is 55.3. The molecule has 0 spiro atoms. The van der Waals surface area contributed by atoms with Crippen LogP contribution in [0.5, 0.6) is 0 Å². The third kappa shape index (κ3) is 4.91. The highest BCUT2D eigenvalue weighted by atomic mass is 32.2. The highest BCUT2D eigenvalue weighted by Gasteiger charge is 2.28. The average molecular weight is 415 g/mol. The molecule has 8 heteroatoms. The van der Waals surface area contributed by atoms with Gasteiger partial charge in [-0.3, -0.25) is 0 Å². The van der Waals surface area contributed by atoms with E-state index in [9.17, 15) is 16.8 Å². The molecule has 2 atom stereocenters. The van der Waals surface area contributed by atoms with E-state index in [0.29, 0.717) is 19.0 Å². The summed E-state index contributed by atoms with van der Waals surface area (Å²) in [6.07, 6.45) is 7.89. The van der Waals surface area contributed by atoms with Crippen LogP contribution in [0.15, 0.2) is 34.1 Å². The maximum Gasteiger partial charge on any atom is 0.243 e. The smallest absolute Gasteiger partial charge is 0.208 e. The lowest BCUT2D eigenvalue weighted by Crippen LogP contribution is -2.41. The Labute approximate surface area is 163 Å². The van der Waals surface area contributed by atoms with E-state index in [0.717, 1.165) is 51.4 Å². The first-order chi connectivity index (χ1) is 12.8. The van der Waals surface area contributed by atoms with Gasteiger partial charge < -0.3 is 0 Å². The van der Waals surface area contributed by atoms with Crippen LogP contribution in [0.1, 0.15) is 58.3 Å². The van der Waals surface area contributed by atoms with Crippen molar-refractivity contribution in [1.29, 1.82) is 0 Å². The van der Waals surface area contributed by atoms with Crippen molar-refractivity contribution in [2.45, 2.75) is 74.1 Å². The molecule has 0 unspecified atom stereocenters. The van der Waals surface area contributed by atoms with Gasteiger partial charge in [-0.25, -0.2) is 21.6 Å². The summed E-state index contributed by atoms with van der Waals surface area (Å²) in [6.45, 7) is 3.14. The topological polar surface area (TPSA) is 83.5 Å². The molecule has 1 N–H and O–H groups in total. The van der Waals surface area contributed by atoms with Crippen LogP contribution in [0, 0.1) is 5.92 Å². The van der Waals surface area contributed by atoms with E-state index in [1.165, 1.54) is 28.6 Å². The molecule has 0 amide bonds. The van der Waals surface area contributed by atoms with Gasteiger partial charge in [-0.15, -0.1) is 0 Å². The van der Waals surface area contributed by atoms with E-state index >= 15 is 0 Å². The normalized spacial score (nSPS) is 25.8. The summed E-state index contributed by atoms with van der Waals surface area (Å²) in [4.78, 5) is 0.282. The molecular formula is C19H30N2O4S2. The van der Waals surface area contributed by atoms with E-state index < -0.39 is 20.0 Å². The van der Waals surface area contributed by atoms with Crippen LogP contribution in [0.2, 0.25) is 0 Å². The molecular weight excluding hydrogens is 384 g/mol.